The van der Waals surface area contributed by atoms with Crippen LogP contribution in [0.15, 0.2) is 48.5 Å². The summed E-state index contributed by atoms with van der Waals surface area (Å²) in [6.07, 6.45) is 0. The molecule has 0 amide bonds. The lowest BCUT2D eigenvalue weighted by molar-refractivity contribution is -0.937. The molecular weight excluding hydrogens is 358 g/mol. The second-order valence-corrected chi connectivity index (χ2v) is 7.21. The third kappa shape index (κ3) is 5.66. The van der Waals surface area contributed by atoms with Crippen molar-refractivity contribution >= 4 is 23.0 Å². The summed E-state index contributed by atoms with van der Waals surface area (Å²) >= 11 is 5.51. The van der Waals surface area contributed by atoms with Gasteiger partial charge in [-0.1, -0.05) is 12.1 Å². The molecule has 144 valence electrons. The lowest BCUT2D eigenvalue weighted by Crippen LogP contribution is -3.15. The molecule has 0 unspecified atom stereocenters. The number of aryl methyl sites for hydroxylation is 1. The lowest BCUT2D eigenvalue weighted by Gasteiger charge is -2.32. The van der Waals surface area contributed by atoms with Gasteiger partial charge in [-0.25, -0.2) is 0 Å². The van der Waals surface area contributed by atoms with Crippen molar-refractivity contribution in [2.24, 2.45) is 0 Å². The number of thiocarbonyl (C=S) groups is 1. The van der Waals surface area contributed by atoms with Gasteiger partial charge in [-0.2, -0.15) is 0 Å². The average molecular weight is 387 g/mol. The van der Waals surface area contributed by atoms with Crippen molar-refractivity contribution in [3.05, 3.63) is 59.7 Å². The first-order chi connectivity index (χ1) is 13.2. The van der Waals surface area contributed by atoms with Crippen LogP contribution in [0, 0.1) is 6.92 Å². The Labute approximate surface area is 166 Å². The molecule has 1 atom stereocenters. The Morgan fingerprint density at radius 1 is 1.19 bits per heavy atom. The van der Waals surface area contributed by atoms with Gasteiger partial charge in [0.15, 0.2) is 5.11 Å². The predicted octanol–water partition coefficient (Wildman–Crippen LogP) is 1.95. The summed E-state index contributed by atoms with van der Waals surface area (Å²) in [7, 11) is 1.69. The SMILES string of the molecule is COc1ccc([C@H](CNC(=S)Nc2cccc(C)c2)[NH+]2CCOCC2)cc1. The quantitative estimate of drug-likeness (QED) is 0.663. The number of ether oxygens (including phenoxy) is 2. The van der Waals surface area contributed by atoms with E-state index in [4.69, 9.17) is 21.7 Å². The molecule has 0 bridgehead atoms. The Morgan fingerprint density at radius 2 is 1.93 bits per heavy atom. The Hall–Kier alpha value is -2.15. The molecule has 1 aliphatic rings. The fourth-order valence-corrected chi connectivity index (χ4v) is 3.61. The molecule has 3 N–H and O–H groups in total. The van der Waals surface area contributed by atoms with Crippen LogP contribution in [0.2, 0.25) is 0 Å². The second kappa shape index (κ2) is 9.69. The van der Waals surface area contributed by atoms with E-state index >= 15 is 0 Å². The van der Waals surface area contributed by atoms with Crippen LogP contribution in [0.25, 0.3) is 0 Å². The van der Waals surface area contributed by atoms with Crippen LogP contribution in [-0.4, -0.2) is 45.1 Å². The van der Waals surface area contributed by atoms with E-state index in [-0.39, 0.29) is 0 Å². The van der Waals surface area contributed by atoms with Crippen molar-refractivity contribution in [2.45, 2.75) is 13.0 Å². The molecule has 2 aromatic rings. The van der Waals surface area contributed by atoms with Crippen molar-refractivity contribution in [1.82, 2.24) is 5.32 Å². The van der Waals surface area contributed by atoms with Gasteiger partial charge in [0.1, 0.15) is 24.9 Å². The van der Waals surface area contributed by atoms with E-state index in [1.165, 1.54) is 16.0 Å². The number of nitrogens with one attached hydrogen (secondary N) is 3. The topological polar surface area (TPSA) is 47.0 Å². The standard InChI is InChI=1S/C21H27N3O2S/c1-16-4-3-5-18(14-16)23-21(27)22-15-20(24-10-12-26-13-11-24)17-6-8-19(25-2)9-7-17/h3-9,14,20H,10-13,15H2,1-2H3,(H2,22,23,27)/p+1/t20-/m0/s1. The maximum Gasteiger partial charge on any atom is 0.171 e. The molecular formula is C21H28N3O2S+. The summed E-state index contributed by atoms with van der Waals surface area (Å²) < 4.78 is 10.8. The van der Waals surface area contributed by atoms with Gasteiger partial charge in [-0.3, -0.25) is 0 Å². The predicted molar refractivity (Wildman–Crippen MR) is 113 cm³/mol. The molecule has 3 rings (SSSR count). The van der Waals surface area contributed by atoms with Gasteiger partial charge >= 0.3 is 0 Å². The summed E-state index contributed by atoms with van der Waals surface area (Å²) in [5.41, 5.74) is 3.49. The average Bonchev–Trinajstić information content (AvgIpc) is 2.69. The zero-order valence-electron chi connectivity index (χ0n) is 16.0. The molecule has 0 radical (unpaired) electrons. The highest BCUT2D eigenvalue weighted by Gasteiger charge is 2.26. The number of hydrogen-bond acceptors (Lipinski definition) is 3. The van der Waals surface area contributed by atoms with Gasteiger partial charge in [0.05, 0.1) is 26.9 Å². The summed E-state index contributed by atoms with van der Waals surface area (Å²) in [6.45, 7) is 6.43. The molecule has 1 heterocycles. The van der Waals surface area contributed by atoms with Crippen LogP contribution in [0.3, 0.4) is 0 Å². The molecule has 0 aliphatic carbocycles. The van der Waals surface area contributed by atoms with Gasteiger partial charge < -0.3 is 25.0 Å². The van der Waals surface area contributed by atoms with Gasteiger partial charge in [0.25, 0.3) is 0 Å². The molecule has 0 aromatic heterocycles. The molecule has 1 fully saturated rings. The molecule has 27 heavy (non-hydrogen) atoms. The summed E-state index contributed by atoms with van der Waals surface area (Å²) in [6, 6.07) is 16.8. The van der Waals surface area contributed by atoms with Crippen LogP contribution < -0.4 is 20.3 Å². The largest absolute Gasteiger partial charge is 0.497 e. The molecule has 5 nitrogen and oxygen atoms in total. The van der Waals surface area contributed by atoms with Crippen LogP contribution in [0.4, 0.5) is 5.69 Å². The molecule has 0 saturated carbocycles. The zero-order chi connectivity index (χ0) is 19.1. The van der Waals surface area contributed by atoms with Crippen LogP contribution >= 0.6 is 12.2 Å². The van der Waals surface area contributed by atoms with E-state index in [1.807, 2.05) is 24.3 Å². The first-order valence-corrected chi connectivity index (χ1v) is 9.74. The normalized spacial score (nSPS) is 15.8. The number of hydrogen-bond donors (Lipinski definition) is 3. The molecule has 2 aromatic carbocycles. The number of methoxy groups -OCH3 is 1. The number of anilines is 1. The fourth-order valence-electron chi connectivity index (χ4n) is 3.41. The van der Waals surface area contributed by atoms with E-state index in [0.717, 1.165) is 44.3 Å². The van der Waals surface area contributed by atoms with Crippen molar-refractivity contribution in [3.8, 4) is 5.75 Å². The lowest BCUT2D eigenvalue weighted by atomic mass is 10.0. The highest BCUT2D eigenvalue weighted by Crippen LogP contribution is 2.16. The third-order valence-corrected chi connectivity index (χ3v) is 5.14. The summed E-state index contributed by atoms with van der Waals surface area (Å²) in [4.78, 5) is 1.51. The summed E-state index contributed by atoms with van der Waals surface area (Å²) in [5, 5.41) is 7.32. The summed E-state index contributed by atoms with van der Waals surface area (Å²) in [5.74, 6) is 0.874. The fraction of sp³-hybridized carbons (Fsp3) is 0.381. The molecule has 0 spiro atoms. The Morgan fingerprint density at radius 3 is 2.59 bits per heavy atom. The van der Waals surface area contributed by atoms with Crippen molar-refractivity contribution in [3.63, 3.8) is 0 Å². The Kier molecular flexibility index (Phi) is 7.04. The maximum absolute atomic E-state index is 5.54. The van der Waals surface area contributed by atoms with E-state index in [9.17, 15) is 0 Å². The minimum Gasteiger partial charge on any atom is -0.497 e. The van der Waals surface area contributed by atoms with Gasteiger partial charge in [-0.05, 0) is 61.1 Å². The monoisotopic (exact) mass is 386 g/mol. The number of morpholine rings is 1. The molecule has 6 heteroatoms. The van der Waals surface area contributed by atoms with Crippen molar-refractivity contribution in [1.29, 1.82) is 0 Å². The third-order valence-electron chi connectivity index (χ3n) is 4.89. The number of rotatable bonds is 6. The second-order valence-electron chi connectivity index (χ2n) is 6.80. The first kappa shape index (κ1) is 19.6. The van der Waals surface area contributed by atoms with Crippen LogP contribution in [-0.2, 0) is 4.74 Å². The van der Waals surface area contributed by atoms with Crippen LogP contribution in [0.1, 0.15) is 17.2 Å². The molecule has 1 saturated heterocycles. The minimum atomic E-state index is 0.303. The Bertz CT molecular complexity index is 745. The first-order valence-electron chi connectivity index (χ1n) is 9.33. The smallest absolute Gasteiger partial charge is 0.171 e. The minimum absolute atomic E-state index is 0.303. The number of benzene rings is 2. The van der Waals surface area contributed by atoms with Gasteiger partial charge in [0, 0.05) is 11.3 Å². The number of quaternary nitrogens is 1. The van der Waals surface area contributed by atoms with Crippen molar-refractivity contribution in [2.75, 3.05) is 45.3 Å². The Balaban J connectivity index is 1.65. The highest BCUT2D eigenvalue weighted by atomic mass is 32.1. The van der Waals surface area contributed by atoms with Crippen LogP contribution in [0.5, 0.6) is 5.75 Å². The molecule has 1 aliphatic heterocycles. The van der Waals surface area contributed by atoms with E-state index < -0.39 is 0 Å². The van der Waals surface area contributed by atoms with E-state index in [0.29, 0.717) is 11.2 Å². The highest BCUT2D eigenvalue weighted by molar-refractivity contribution is 7.80. The van der Waals surface area contributed by atoms with Crippen molar-refractivity contribution < 1.29 is 14.4 Å². The zero-order valence-corrected chi connectivity index (χ0v) is 16.8. The maximum atomic E-state index is 5.54. The van der Waals surface area contributed by atoms with Gasteiger partial charge in [0.2, 0.25) is 0 Å². The van der Waals surface area contributed by atoms with E-state index in [1.54, 1.807) is 7.11 Å². The van der Waals surface area contributed by atoms with Gasteiger partial charge in [-0.15, -0.1) is 0 Å². The van der Waals surface area contributed by atoms with E-state index in [2.05, 4.69) is 41.8 Å².